The topological polar surface area (TPSA) is 56.1 Å². The molecular formula is C14H15BrFN3O. The maximum absolute atomic E-state index is 13.5. The van der Waals surface area contributed by atoms with Crippen LogP contribution in [0.5, 0.6) is 0 Å². The molecular weight excluding hydrogens is 325 g/mol. The number of piperidine rings is 1. The molecule has 1 fully saturated rings. The largest absolute Gasteiger partial charge is 0.306 e. The number of hydrogen-bond acceptors (Lipinski definition) is 3. The Morgan fingerprint density at radius 1 is 1.50 bits per heavy atom. The van der Waals surface area contributed by atoms with E-state index in [0.29, 0.717) is 10.2 Å². The van der Waals surface area contributed by atoms with Crippen molar-refractivity contribution >= 4 is 27.5 Å². The molecule has 20 heavy (non-hydrogen) atoms. The van der Waals surface area contributed by atoms with E-state index < -0.39 is 5.82 Å². The van der Waals surface area contributed by atoms with Gasteiger partial charge in [-0.3, -0.25) is 9.69 Å². The zero-order chi connectivity index (χ0) is 14.5. The fourth-order valence-corrected chi connectivity index (χ4v) is 2.77. The number of carbonyl (C=O) groups is 1. The molecule has 0 aliphatic carbocycles. The van der Waals surface area contributed by atoms with E-state index in [1.165, 1.54) is 17.0 Å². The molecule has 0 aromatic heterocycles. The molecule has 1 saturated heterocycles. The van der Waals surface area contributed by atoms with Gasteiger partial charge in [0.1, 0.15) is 12.4 Å². The zero-order valence-electron chi connectivity index (χ0n) is 10.9. The van der Waals surface area contributed by atoms with Gasteiger partial charge in [0, 0.05) is 10.2 Å². The van der Waals surface area contributed by atoms with E-state index in [1.54, 1.807) is 6.07 Å². The summed E-state index contributed by atoms with van der Waals surface area (Å²) in [4.78, 5) is 13.8. The van der Waals surface area contributed by atoms with Gasteiger partial charge < -0.3 is 5.32 Å². The normalized spacial score (nSPS) is 18.4. The van der Waals surface area contributed by atoms with Crippen LogP contribution in [0.2, 0.25) is 0 Å². The van der Waals surface area contributed by atoms with Crippen LogP contribution in [0.1, 0.15) is 19.3 Å². The third kappa shape index (κ3) is 3.56. The van der Waals surface area contributed by atoms with E-state index >= 15 is 0 Å². The summed E-state index contributed by atoms with van der Waals surface area (Å²) in [5.74, 6) is -0.620. The molecule has 1 N–H and O–H groups in total. The van der Waals surface area contributed by atoms with Crippen molar-refractivity contribution in [3.63, 3.8) is 0 Å². The number of amides is 1. The smallest absolute Gasteiger partial charge is 0.245 e. The second kappa shape index (κ2) is 6.82. The molecule has 1 unspecified atom stereocenters. The van der Waals surface area contributed by atoms with Gasteiger partial charge in [-0.05, 0) is 37.6 Å². The van der Waals surface area contributed by atoms with Crippen LogP contribution in [0.15, 0.2) is 22.7 Å². The number of benzene rings is 1. The van der Waals surface area contributed by atoms with Crippen LogP contribution in [0.4, 0.5) is 10.1 Å². The Morgan fingerprint density at radius 2 is 2.30 bits per heavy atom. The molecule has 1 aliphatic rings. The summed E-state index contributed by atoms with van der Waals surface area (Å²) in [6.45, 7) is 0.705. The van der Waals surface area contributed by atoms with Crippen molar-refractivity contribution in [1.29, 1.82) is 5.26 Å². The maximum Gasteiger partial charge on any atom is 0.245 e. The Morgan fingerprint density at radius 3 is 2.90 bits per heavy atom. The van der Waals surface area contributed by atoms with E-state index in [2.05, 4.69) is 21.2 Å². The van der Waals surface area contributed by atoms with Crippen molar-refractivity contribution < 1.29 is 9.18 Å². The molecule has 4 nitrogen and oxygen atoms in total. The van der Waals surface area contributed by atoms with Gasteiger partial charge in [0.2, 0.25) is 5.91 Å². The number of carbonyl (C=O) groups excluding carboxylic acids is 1. The van der Waals surface area contributed by atoms with Gasteiger partial charge in [-0.25, -0.2) is 4.39 Å². The Balaban J connectivity index is 2.25. The highest BCUT2D eigenvalue weighted by Gasteiger charge is 2.26. The van der Waals surface area contributed by atoms with E-state index in [4.69, 9.17) is 5.26 Å². The summed E-state index contributed by atoms with van der Waals surface area (Å²) in [5.41, 5.74) is 0.399. The van der Waals surface area contributed by atoms with Crippen LogP contribution in [0.3, 0.4) is 0 Å². The fraction of sp³-hybridized carbons (Fsp3) is 0.429. The molecule has 1 heterocycles. The van der Waals surface area contributed by atoms with Crippen LogP contribution in [-0.4, -0.2) is 25.0 Å². The Hall–Kier alpha value is -1.45. The standard InChI is InChI=1S/C14H15BrFN3O/c15-10-7-11(16)9-12(8-10)19(6-4-17)14(20)13-3-1-2-5-18-13/h7-9,13,18H,1-3,5-6H2. The first-order valence-corrected chi connectivity index (χ1v) is 7.29. The molecule has 1 aliphatic heterocycles. The molecule has 2 rings (SSSR count). The van der Waals surface area contributed by atoms with Crippen molar-refractivity contribution in [2.24, 2.45) is 0 Å². The Bertz CT molecular complexity index is 517. The van der Waals surface area contributed by atoms with E-state index in [0.717, 1.165) is 25.8 Å². The highest BCUT2D eigenvalue weighted by atomic mass is 79.9. The number of nitriles is 1. The summed E-state index contributed by atoms with van der Waals surface area (Å²) >= 11 is 3.20. The third-order valence-electron chi connectivity index (χ3n) is 3.26. The van der Waals surface area contributed by atoms with E-state index in [1.807, 2.05) is 6.07 Å². The van der Waals surface area contributed by atoms with Crippen molar-refractivity contribution in [2.75, 3.05) is 18.0 Å². The van der Waals surface area contributed by atoms with Crippen LogP contribution < -0.4 is 10.2 Å². The summed E-state index contributed by atoms with van der Waals surface area (Å²) in [7, 11) is 0. The van der Waals surface area contributed by atoms with Gasteiger partial charge in [0.15, 0.2) is 0 Å². The molecule has 1 amide bonds. The number of hydrogen-bond donors (Lipinski definition) is 1. The molecule has 6 heteroatoms. The molecule has 0 saturated carbocycles. The lowest BCUT2D eigenvalue weighted by Crippen LogP contribution is -2.49. The van der Waals surface area contributed by atoms with Crippen molar-refractivity contribution in [3.8, 4) is 6.07 Å². The molecule has 1 aromatic rings. The van der Waals surface area contributed by atoms with Crippen LogP contribution in [-0.2, 0) is 4.79 Å². The minimum absolute atomic E-state index is 0.0904. The van der Waals surface area contributed by atoms with E-state index in [-0.39, 0.29) is 18.5 Å². The maximum atomic E-state index is 13.5. The lowest BCUT2D eigenvalue weighted by molar-refractivity contribution is -0.121. The average Bonchev–Trinajstić information content (AvgIpc) is 2.44. The van der Waals surface area contributed by atoms with Gasteiger partial charge in [-0.2, -0.15) is 5.26 Å². The van der Waals surface area contributed by atoms with Crippen LogP contribution in [0, 0.1) is 17.1 Å². The Labute approximate surface area is 125 Å². The first-order chi connectivity index (χ1) is 9.61. The minimum Gasteiger partial charge on any atom is -0.306 e. The molecule has 1 aromatic carbocycles. The first-order valence-electron chi connectivity index (χ1n) is 6.49. The molecule has 0 spiro atoms. The highest BCUT2D eigenvalue weighted by molar-refractivity contribution is 9.10. The quantitative estimate of drug-likeness (QED) is 0.861. The lowest BCUT2D eigenvalue weighted by atomic mass is 10.0. The monoisotopic (exact) mass is 339 g/mol. The predicted molar refractivity (Wildman–Crippen MR) is 77.7 cm³/mol. The third-order valence-corrected chi connectivity index (χ3v) is 3.72. The molecule has 0 radical (unpaired) electrons. The predicted octanol–water partition coefficient (Wildman–Crippen LogP) is 2.59. The average molecular weight is 340 g/mol. The first kappa shape index (κ1) is 14.9. The summed E-state index contributed by atoms with van der Waals surface area (Å²) in [6, 6.07) is 5.90. The number of nitrogens with one attached hydrogen (secondary N) is 1. The van der Waals surface area contributed by atoms with Gasteiger partial charge in [-0.15, -0.1) is 0 Å². The fourth-order valence-electron chi connectivity index (χ4n) is 2.31. The molecule has 106 valence electrons. The summed E-state index contributed by atoms with van der Waals surface area (Å²) < 4.78 is 14.0. The van der Waals surface area contributed by atoms with Crippen molar-refractivity contribution in [3.05, 3.63) is 28.5 Å². The zero-order valence-corrected chi connectivity index (χ0v) is 12.5. The van der Waals surface area contributed by atoms with Gasteiger partial charge >= 0.3 is 0 Å². The second-order valence-electron chi connectivity index (χ2n) is 4.71. The number of nitrogens with zero attached hydrogens (tertiary/aromatic N) is 2. The van der Waals surface area contributed by atoms with Crippen LogP contribution in [0.25, 0.3) is 0 Å². The number of rotatable bonds is 3. The van der Waals surface area contributed by atoms with Crippen molar-refractivity contribution in [2.45, 2.75) is 25.3 Å². The summed E-state index contributed by atoms with van der Waals surface area (Å²) in [5, 5.41) is 12.1. The number of anilines is 1. The number of halogens is 2. The lowest BCUT2D eigenvalue weighted by Gasteiger charge is -2.28. The SMILES string of the molecule is N#CCN(C(=O)C1CCCCN1)c1cc(F)cc(Br)c1. The minimum atomic E-state index is -0.443. The summed E-state index contributed by atoms with van der Waals surface area (Å²) in [6.07, 6.45) is 2.78. The van der Waals surface area contributed by atoms with Gasteiger partial charge in [0.25, 0.3) is 0 Å². The molecule has 1 atom stereocenters. The van der Waals surface area contributed by atoms with E-state index in [9.17, 15) is 9.18 Å². The molecule has 0 bridgehead atoms. The second-order valence-corrected chi connectivity index (χ2v) is 5.63. The van der Waals surface area contributed by atoms with Crippen LogP contribution >= 0.6 is 15.9 Å². The van der Waals surface area contributed by atoms with Gasteiger partial charge in [0.05, 0.1) is 12.1 Å². The van der Waals surface area contributed by atoms with Crippen molar-refractivity contribution in [1.82, 2.24) is 5.32 Å². The van der Waals surface area contributed by atoms with Gasteiger partial charge in [-0.1, -0.05) is 22.4 Å². The Kier molecular flexibility index (Phi) is 5.10. The highest BCUT2D eigenvalue weighted by Crippen LogP contribution is 2.23.